The Morgan fingerprint density at radius 1 is 0.800 bits per heavy atom. The number of hydrogen-bond donors (Lipinski definition) is 0. The molecule has 0 N–H and O–H groups in total. The van der Waals surface area contributed by atoms with Crippen LogP contribution in [-0.2, 0) is 0 Å². The molecule has 0 amide bonds. The van der Waals surface area contributed by atoms with Crippen LogP contribution in [0.2, 0.25) is 0 Å². The number of allylic oxidation sites excluding steroid dienone is 16. The molecule has 40 heavy (non-hydrogen) atoms. The fraction of sp³-hybridized carbons (Fsp3) is 0.550. The van der Waals surface area contributed by atoms with E-state index in [0.717, 1.165) is 19.3 Å². The summed E-state index contributed by atoms with van der Waals surface area (Å²) in [4.78, 5) is 0. The third kappa shape index (κ3) is 11.5. The van der Waals surface area contributed by atoms with E-state index in [1.54, 1.807) is 11.1 Å². The van der Waals surface area contributed by atoms with Gasteiger partial charge in [0.15, 0.2) is 0 Å². The molecule has 1 atom stereocenters. The quantitative estimate of drug-likeness (QED) is 0.112. The molecule has 1 unspecified atom stereocenters. The molecule has 0 spiro atoms. The Morgan fingerprint density at radius 2 is 1.38 bits per heavy atom. The molecule has 2 aliphatic rings. The molecule has 0 heterocycles. The maximum atomic E-state index is 3.44. The van der Waals surface area contributed by atoms with Crippen molar-refractivity contribution >= 4 is 0 Å². The van der Waals surface area contributed by atoms with Crippen LogP contribution in [0.25, 0.3) is 0 Å². The van der Waals surface area contributed by atoms with Crippen LogP contribution in [0.5, 0.6) is 0 Å². The second-order valence-electron chi connectivity index (χ2n) is 13.7. The van der Waals surface area contributed by atoms with E-state index >= 15 is 0 Å². The summed E-state index contributed by atoms with van der Waals surface area (Å²) in [5.41, 5.74) is 10.7. The van der Waals surface area contributed by atoms with Crippen LogP contribution in [0.1, 0.15) is 127 Å². The molecule has 0 fully saturated rings. The van der Waals surface area contributed by atoms with Gasteiger partial charge >= 0.3 is 0 Å². The van der Waals surface area contributed by atoms with Crippen LogP contribution in [0, 0.1) is 28.6 Å². The highest BCUT2D eigenvalue weighted by Crippen LogP contribution is 2.41. The van der Waals surface area contributed by atoms with E-state index in [4.69, 9.17) is 0 Å². The molecule has 2 rings (SSSR count). The zero-order valence-corrected chi connectivity index (χ0v) is 27.6. The first kappa shape index (κ1) is 33.7. The minimum atomic E-state index is 0.289. The van der Waals surface area contributed by atoms with Gasteiger partial charge in [0.2, 0.25) is 0 Å². The van der Waals surface area contributed by atoms with Crippen LogP contribution in [-0.4, -0.2) is 0 Å². The van der Waals surface area contributed by atoms with Crippen molar-refractivity contribution in [2.75, 3.05) is 0 Å². The summed E-state index contributed by atoms with van der Waals surface area (Å²) in [6.45, 7) is 22.9. The van der Waals surface area contributed by atoms with Gasteiger partial charge in [-0.25, -0.2) is 0 Å². The van der Waals surface area contributed by atoms with Crippen molar-refractivity contribution in [1.82, 2.24) is 0 Å². The third-order valence-electron chi connectivity index (χ3n) is 8.69. The van der Waals surface area contributed by atoms with Crippen LogP contribution in [0.3, 0.4) is 0 Å². The molecule has 0 aromatic rings. The average Bonchev–Trinajstić information content (AvgIpc) is 2.85. The standard InChI is InChI=1S/C40H58/c1-31(19-13-21-33(3)25-27-37-35(5)23-15-29-39(37,7)8)17-11-12-18-32(2)20-14-22-34(4)26-28-38-36(6)24-16-30-40(38,9)10/h13,17-19,21,25-28,34H,11-12,15-16,20,23-24,29-30H2,1-10H3/b19-13+,27-25+,28-26+,31-17+,32-18+,33-21+. The Hall–Kier alpha value is -2.52. The lowest BCUT2D eigenvalue weighted by Gasteiger charge is -2.33. The van der Waals surface area contributed by atoms with Crippen molar-refractivity contribution in [3.8, 4) is 11.8 Å². The lowest BCUT2D eigenvalue weighted by molar-refractivity contribution is 0.376. The van der Waals surface area contributed by atoms with Crippen molar-refractivity contribution in [3.05, 3.63) is 93.7 Å². The van der Waals surface area contributed by atoms with Gasteiger partial charge in [-0.2, -0.15) is 0 Å². The van der Waals surface area contributed by atoms with Gasteiger partial charge in [0, 0.05) is 12.3 Å². The Labute approximate surface area is 248 Å². The first-order valence-corrected chi connectivity index (χ1v) is 15.7. The molecule has 0 heteroatoms. The summed E-state index contributed by atoms with van der Waals surface area (Å²) >= 11 is 0. The number of rotatable bonds is 10. The largest absolute Gasteiger partial charge is 0.0983 e. The lowest BCUT2D eigenvalue weighted by atomic mass is 9.72. The molecule has 0 bridgehead atoms. The topological polar surface area (TPSA) is 0 Å². The molecule has 0 aromatic carbocycles. The van der Waals surface area contributed by atoms with E-state index in [-0.39, 0.29) is 5.92 Å². The van der Waals surface area contributed by atoms with E-state index in [1.807, 2.05) is 0 Å². The van der Waals surface area contributed by atoms with Gasteiger partial charge in [0.05, 0.1) is 0 Å². The smallest absolute Gasteiger partial charge is 0.0357 e. The van der Waals surface area contributed by atoms with E-state index in [9.17, 15) is 0 Å². The summed E-state index contributed by atoms with van der Waals surface area (Å²) in [5, 5.41) is 0. The van der Waals surface area contributed by atoms with E-state index < -0.39 is 0 Å². The minimum Gasteiger partial charge on any atom is -0.0983 e. The summed E-state index contributed by atoms with van der Waals surface area (Å²) in [7, 11) is 0. The average molecular weight is 539 g/mol. The summed E-state index contributed by atoms with van der Waals surface area (Å²) in [6.07, 6.45) is 31.2. The van der Waals surface area contributed by atoms with E-state index in [0.29, 0.717) is 10.8 Å². The maximum absolute atomic E-state index is 3.44. The second kappa shape index (κ2) is 16.1. The van der Waals surface area contributed by atoms with Crippen LogP contribution >= 0.6 is 0 Å². The molecule has 0 saturated heterocycles. The molecular weight excluding hydrogens is 480 g/mol. The lowest BCUT2D eigenvalue weighted by Crippen LogP contribution is -2.19. The maximum Gasteiger partial charge on any atom is 0.0357 e. The molecule has 0 nitrogen and oxygen atoms in total. The Kier molecular flexibility index (Phi) is 13.5. The first-order chi connectivity index (χ1) is 18.8. The van der Waals surface area contributed by atoms with Gasteiger partial charge in [-0.15, -0.1) is 0 Å². The van der Waals surface area contributed by atoms with E-state index in [1.165, 1.54) is 66.4 Å². The highest BCUT2D eigenvalue weighted by Gasteiger charge is 2.27. The minimum absolute atomic E-state index is 0.289. The van der Waals surface area contributed by atoms with Crippen LogP contribution in [0.4, 0.5) is 0 Å². The highest BCUT2D eigenvalue weighted by molar-refractivity contribution is 5.37. The normalized spacial score (nSPS) is 21.5. The van der Waals surface area contributed by atoms with Crippen molar-refractivity contribution in [2.24, 2.45) is 16.7 Å². The Morgan fingerprint density at radius 3 is 1.98 bits per heavy atom. The van der Waals surface area contributed by atoms with Gasteiger partial charge < -0.3 is 0 Å². The summed E-state index contributed by atoms with van der Waals surface area (Å²) in [6, 6.07) is 0. The van der Waals surface area contributed by atoms with Crippen LogP contribution < -0.4 is 0 Å². The SMILES string of the molecule is CC1=C(/C=C/C(C)=C/C=C/C(C)=C/CC/C=C(\C)CC#CC(C)/C=C/C2=C(C)CCCC2(C)C)C(C)(C)CCC1. The zero-order chi connectivity index (χ0) is 29.8. The third-order valence-corrected chi connectivity index (χ3v) is 8.69. The Bertz CT molecular complexity index is 1160. The Balaban J connectivity index is 1.79. The van der Waals surface area contributed by atoms with Crippen molar-refractivity contribution in [2.45, 2.75) is 127 Å². The van der Waals surface area contributed by atoms with Crippen molar-refractivity contribution in [3.63, 3.8) is 0 Å². The van der Waals surface area contributed by atoms with Gasteiger partial charge in [-0.1, -0.05) is 122 Å². The fourth-order valence-electron chi connectivity index (χ4n) is 6.06. The van der Waals surface area contributed by atoms with Crippen LogP contribution in [0.15, 0.2) is 93.7 Å². The first-order valence-electron chi connectivity index (χ1n) is 15.7. The van der Waals surface area contributed by atoms with Gasteiger partial charge in [0.1, 0.15) is 0 Å². The molecule has 0 aliphatic heterocycles. The van der Waals surface area contributed by atoms with Gasteiger partial charge in [0.25, 0.3) is 0 Å². The van der Waals surface area contributed by atoms with Gasteiger partial charge in [-0.05, 0) is 115 Å². The summed E-state index contributed by atoms with van der Waals surface area (Å²) in [5.74, 6) is 7.13. The second-order valence-corrected chi connectivity index (χ2v) is 13.7. The highest BCUT2D eigenvalue weighted by atomic mass is 14.3. The number of hydrogen-bond acceptors (Lipinski definition) is 0. The molecule has 218 valence electrons. The molecular formula is C40H58. The molecule has 0 aromatic heterocycles. The number of unbranched alkanes of at least 4 members (excludes halogenated alkanes) is 1. The fourth-order valence-corrected chi connectivity index (χ4v) is 6.06. The molecule has 2 aliphatic carbocycles. The summed E-state index contributed by atoms with van der Waals surface area (Å²) < 4.78 is 0. The monoisotopic (exact) mass is 538 g/mol. The zero-order valence-electron chi connectivity index (χ0n) is 27.6. The molecule has 0 radical (unpaired) electrons. The van der Waals surface area contributed by atoms with Gasteiger partial charge in [-0.3, -0.25) is 0 Å². The predicted octanol–water partition coefficient (Wildman–Crippen LogP) is 12.4. The predicted molar refractivity (Wildman–Crippen MR) is 180 cm³/mol. The van der Waals surface area contributed by atoms with E-state index in [2.05, 4.69) is 136 Å². The van der Waals surface area contributed by atoms with Crippen molar-refractivity contribution in [1.29, 1.82) is 0 Å². The van der Waals surface area contributed by atoms with Crippen molar-refractivity contribution < 1.29 is 0 Å². The molecule has 0 saturated carbocycles.